The lowest BCUT2D eigenvalue weighted by Gasteiger charge is -2.35. The van der Waals surface area contributed by atoms with Crippen LogP contribution in [-0.2, 0) is 16.0 Å². The molecular weight excluding hydrogens is 260 g/mol. The van der Waals surface area contributed by atoms with Gasteiger partial charge in [0.2, 0.25) is 0 Å². The summed E-state index contributed by atoms with van der Waals surface area (Å²) in [5, 5.41) is 0.665. The van der Waals surface area contributed by atoms with E-state index < -0.39 is 5.60 Å². The second-order valence-electron chi connectivity index (χ2n) is 5.18. The number of benzene rings is 1. The van der Waals surface area contributed by atoms with E-state index in [0.29, 0.717) is 18.1 Å². The normalized spacial score (nSPS) is 18.2. The summed E-state index contributed by atoms with van der Waals surface area (Å²) in [6.07, 6.45) is 5.44. The molecule has 1 aliphatic rings. The lowest BCUT2D eigenvalue weighted by Crippen LogP contribution is -2.44. The Morgan fingerprint density at radius 2 is 1.95 bits per heavy atom. The maximum Gasteiger partial charge on any atom is 0.169 e. The van der Waals surface area contributed by atoms with Crippen LogP contribution in [0.4, 0.5) is 0 Å². The molecule has 2 rings (SSSR count). The molecule has 0 unspecified atom stereocenters. The predicted molar refractivity (Wildman–Crippen MR) is 77.6 cm³/mol. The summed E-state index contributed by atoms with van der Waals surface area (Å²) in [6.45, 7) is 2.55. The largest absolute Gasteiger partial charge is 0.367 e. The first kappa shape index (κ1) is 14.5. The zero-order valence-corrected chi connectivity index (χ0v) is 12.2. The van der Waals surface area contributed by atoms with Crippen molar-refractivity contribution >= 4 is 17.4 Å². The molecule has 1 saturated carbocycles. The molecule has 104 valence electrons. The van der Waals surface area contributed by atoms with Crippen LogP contribution in [0.2, 0.25) is 5.02 Å². The lowest BCUT2D eigenvalue weighted by atomic mass is 9.79. The maximum atomic E-state index is 12.6. The molecule has 2 nitrogen and oxygen atoms in total. The standard InChI is InChI=1S/C16H21ClO2/c1-2-19-16(10-6-3-7-11-16)15(18)12-13-8-4-5-9-14(13)17/h4-5,8-9H,2-3,6-7,10-12H2,1H3. The third-order valence-electron chi connectivity index (χ3n) is 3.90. The number of halogens is 1. The van der Waals surface area contributed by atoms with Gasteiger partial charge in [0.15, 0.2) is 5.78 Å². The topological polar surface area (TPSA) is 26.3 Å². The molecule has 1 aromatic rings. The average Bonchev–Trinajstić information content (AvgIpc) is 2.42. The van der Waals surface area contributed by atoms with Gasteiger partial charge in [-0.25, -0.2) is 0 Å². The van der Waals surface area contributed by atoms with E-state index >= 15 is 0 Å². The zero-order valence-electron chi connectivity index (χ0n) is 11.5. The van der Waals surface area contributed by atoms with Crippen LogP contribution in [0.3, 0.4) is 0 Å². The van der Waals surface area contributed by atoms with E-state index in [1.54, 1.807) is 0 Å². The van der Waals surface area contributed by atoms with E-state index in [4.69, 9.17) is 16.3 Å². The van der Waals surface area contributed by atoms with Crippen LogP contribution in [0.15, 0.2) is 24.3 Å². The molecule has 19 heavy (non-hydrogen) atoms. The quantitative estimate of drug-likeness (QED) is 0.808. The van der Waals surface area contributed by atoms with Crippen molar-refractivity contribution in [2.24, 2.45) is 0 Å². The van der Waals surface area contributed by atoms with Gasteiger partial charge in [0.05, 0.1) is 0 Å². The summed E-state index contributed by atoms with van der Waals surface area (Å²) in [5.41, 5.74) is 0.338. The number of rotatable bonds is 5. The third kappa shape index (κ3) is 3.37. The smallest absolute Gasteiger partial charge is 0.169 e. The van der Waals surface area contributed by atoms with E-state index in [9.17, 15) is 4.79 Å². The highest BCUT2D eigenvalue weighted by Gasteiger charge is 2.39. The van der Waals surface area contributed by atoms with Crippen molar-refractivity contribution in [3.8, 4) is 0 Å². The number of carbonyl (C=O) groups excluding carboxylic acids is 1. The molecule has 1 fully saturated rings. The number of hydrogen-bond donors (Lipinski definition) is 0. The van der Waals surface area contributed by atoms with Crippen LogP contribution in [-0.4, -0.2) is 18.0 Å². The summed E-state index contributed by atoms with van der Waals surface area (Å²) in [7, 11) is 0. The molecule has 1 aromatic carbocycles. The van der Waals surface area contributed by atoms with Crippen LogP contribution in [0, 0.1) is 0 Å². The van der Waals surface area contributed by atoms with E-state index in [1.165, 1.54) is 6.42 Å². The highest BCUT2D eigenvalue weighted by molar-refractivity contribution is 6.31. The summed E-state index contributed by atoms with van der Waals surface area (Å²) >= 11 is 6.14. The van der Waals surface area contributed by atoms with E-state index in [0.717, 1.165) is 31.2 Å². The van der Waals surface area contributed by atoms with Gasteiger partial charge >= 0.3 is 0 Å². The van der Waals surface area contributed by atoms with Crippen molar-refractivity contribution < 1.29 is 9.53 Å². The summed E-state index contributed by atoms with van der Waals surface area (Å²) in [6, 6.07) is 7.55. The van der Waals surface area contributed by atoms with Crippen molar-refractivity contribution in [2.45, 2.75) is 51.0 Å². The Balaban J connectivity index is 2.14. The van der Waals surface area contributed by atoms with Crippen LogP contribution in [0.1, 0.15) is 44.6 Å². The predicted octanol–water partition coefficient (Wildman–Crippen LogP) is 4.19. The Morgan fingerprint density at radius 3 is 2.58 bits per heavy atom. The fourth-order valence-electron chi connectivity index (χ4n) is 2.88. The molecule has 0 radical (unpaired) electrons. The molecule has 0 spiro atoms. The molecule has 0 saturated heterocycles. The fourth-order valence-corrected chi connectivity index (χ4v) is 3.08. The average molecular weight is 281 g/mol. The molecule has 0 heterocycles. The van der Waals surface area contributed by atoms with Gasteiger partial charge in [0, 0.05) is 18.1 Å². The van der Waals surface area contributed by atoms with Crippen molar-refractivity contribution in [1.29, 1.82) is 0 Å². The number of Topliss-reactive ketones (excluding diaryl/α,β-unsaturated/α-hetero) is 1. The first-order valence-electron chi connectivity index (χ1n) is 7.08. The minimum atomic E-state index is -0.563. The fraction of sp³-hybridized carbons (Fsp3) is 0.562. The Kier molecular flexibility index (Phi) is 5.00. The van der Waals surface area contributed by atoms with Crippen LogP contribution < -0.4 is 0 Å². The van der Waals surface area contributed by atoms with Crippen LogP contribution >= 0.6 is 11.6 Å². The molecule has 0 atom stereocenters. The van der Waals surface area contributed by atoms with Crippen LogP contribution in [0.25, 0.3) is 0 Å². The van der Waals surface area contributed by atoms with E-state index in [1.807, 2.05) is 31.2 Å². The third-order valence-corrected chi connectivity index (χ3v) is 4.27. The first-order chi connectivity index (χ1) is 9.18. The first-order valence-corrected chi connectivity index (χ1v) is 7.46. The number of ketones is 1. The molecule has 0 bridgehead atoms. The second kappa shape index (κ2) is 6.53. The lowest BCUT2D eigenvalue weighted by molar-refractivity contribution is -0.148. The van der Waals surface area contributed by atoms with E-state index in [-0.39, 0.29) is 5.78 Å². The van der Waals surface area contributed by atoms with Gasteiger partial charge < -0.3 is 4.74 Å². The highest BCUT2D eigenvalue weighted by Crippen LogP contribution is 2.34. The Labute approximate surface area is 120 Å². The van der Waals surface area contributed by atoms with Gasteiger partial charge in [-0.1, -0.05) is 49.1 Å². The molecule has 0 aromatic heterocycles. The van der Waals surface area contributed by atoms with Gasteiger partial charge in [0.1, 0.15) is 5.60 Å². The van der Waals surface area contributed by atoms with Gasteiger partial charge in [-0.15, -0.1) is 0 Å². The molecule has 3 heteroatoms. The van der Waals surface area contributed by atoms with Gasteiger partial charge in [-0.2, -0.15) is 0 Å². The number of carbonyl (C=O) groups is 1. The summed E-state index contributed by atoms with van der Waals surface area (Å²) < 4.78 is 5.85. The Bertz CT molecular complexity index is 431. The van der Waals surface area contributed by atoms with Crippen LogP contribution in [0.5, 0.6) is 0 Å². The zero-order chi connectivity index (χ0) is 13.7. The highest BCUT2D eigenvalue weighted by atomic mass is 35.5. The van der Waals surface area contributed by atoms with Crippen molar-refractivity contribution in [3.63, 3.8) is 0 Å². The molecule has 0 N–H and O–H groups in total. The SMILES string of the molecule is CCOC1(C(=O)Cc2ccccc2Cl)CCCCC1. The molecule has 0 aliphatic heterocycles. The number of ether oxygens (including phenoxy) is 1. The monoisotopic (exact) mass is 280 g/mol. The van der Waals surface area contributed by atoms with Gasteiger partial charge in [0.25, 0.3) is 0 Å². The Hall–Kier alpha value is -0.860. The van der Waals surface area contributed by atoms with Gasteiger partial charge in [-0.3, -0.25) is 4.79 Å². The second-order valence-corrected chi connectivity index (χ2v) is 5.59. The van der Waals surface area contributed by atoms with Gasteiger partial charge in [-0.05, 0) is 31.4 Å². The van der Waals surface area contributed by atoms with E-state index in [2.05, 4.69) is 0 Å². The minimum Gasteiger partial charge on any atom is -0.367 e. The van der Waals surface area contributed by atoms with Crippen molar-refractivity contribution in [1.82, 2.24) is 0 Å². The summed E-state index contributed by atoms with van der Waals surface area (Å²) in [5.74, 6) is 0.183. The number of hydrogen-bond acceptors (Lipinski definition) is 2. The van der Waals surface area contributed by atoms with Crippen molar-refractivity contribution in [3.05, 3.63) is 34.9 Å². The minimum absolute atomic E-state index is 0.183. The molecule has 1 aliphatic carbocycles. The maximum absolute atomic E-state index is 12.6. The molecular formula is C16H21ClO2. The molecule has 0 amide bonds. The van der Waals surface area contributed by atoms with Crippen molar-refractivity contribution in [2.75, 3.05) is 6.61 Å². The Morgan fingerprint density at radius 1 is 1.26 bits per heavy atom. The summed E-state index contributed by atoms with van der Waals surface area (Å²) in [4.78, 5) is 12.6.